The molecule has 0 aromatic carbocycles. The van der Waals surface area contributed by atoms with Crippen molar-refractivity contribution >= 4 is 11.9 Å². The fourth-order valence-corrected chi connectivity index (χ4v) is 9.28. The van der Waals surface area contributed by atoms with Gasteiger partial charge in [-0.15, -0.1) is 0 Å². The molecular formula is C65H118O5. The third-order valence-electron chi connectivity index (χ3n) is 13.9. The molecule has 1 atom stereocenters. The molecule has 0 aliphatic rings. The Morgan fingerprint density at radius 2 is 0.600 bits per heavy atom. The maximum atomic E-state index is 12.2. The molecule has 0 heterocycles. The second-order valence-electron chi connectivity index (χ2n) is 20.8. The average Bonchev–Trinajstić information content (AvgIpc) is 3.36. The minimum atomic E-state index is -0.827. The lowest BCUT2D eigenvalue weighted by molar-refractivity contribution is -0.160. The summed E-state index contributed by atoms with van der Waals surface area (Å²) in [5.41, 5.74) is 0. The number of hydrogen-bond donors (Lipinski definition) is 1. The number of unbranched alkanes of at least 4 members (excludes halogenated alkanes) is 40. The standard InChI is InChI=1S/C65H118O5/c1-3-5-7-9-11-13-15-17-19-20-21-22-23-24-25-26-27-28-29-30-31-32-33-34-35-36-37-38-39-40-41-42-43-44-46-47-49-51-53-55-57-59-64(67)69-62-63(61-66)70-65(68)60-58-56-54-52-50-48-45-18-16-14-12-10-8-6-4-2/h6,8,12,14,18,45,50,52,56,58,63,66H,3-5,7,9-11,13,15-17,19-44,46-49,51,53-55,57,59-62H2,1-2H3/b8-6-,14-12-,45-18-,52-50-,58-56-. The Balaban J connectivity index is 3.38. The molecule has 0 fully saturated rings. The van der Waals surface area contributed by atoms with Gasteiger partial charge in [-0.3, -0.25) is 9.59 Å². The summed E-state index contributed by atoms with van der Waals surface area (Å²) in [5.74, 6) is -0.729. The van der Waals surface area contributed by atoms with Crippen LogP contribution in [0.4, 0.5) is 0 Å². The van der Waals surface area contributed by atoms with E-state index >= 15 is 0 Å². The maximum Gasteiger partial charge on any atom is 0.310 e. The lowest BCUT2D eigenvalue weighted by Crippen LogP contribution is -2.28. The molecule has 0 radical (unpaired) electrons. The van der Waals surface area contributed by atoms with E-state index in [9.17, 15) is 14.7 Å². The number of carbonyl (C=O) groups excluding carboxylic acids is 2. The molecule has 0 saturated carbocycles. The van der Waals surface area contributed by atoms with Crippen LogP contribution in [0.5, 0.6) is 0 Å². The van der Waals surface area contributed by atoms with E-state index < -0.39 is 12.1 Å². The molecule has 1 unspecified atom stereocenters. The van der Waals surface area contributed by atoms with Gasteiger partial charge in [-0.25, -0.2) is 0 Å². The first kappa shape index (κ1) is 67.6. The summed E-state index contributed by atoms with van der Waals surface area (Å²) in [6, 6.07) is 0. The van der Waals surface area contributed by atoms with Crippen LogP contribution in [0.1, 0.15) is 322 Å². The molecular weight excluding hydrogens is 861 g/mol. The van der Waals surface area contributed by atoms with Crippen molar-refractivity contribution in [2.45, 2.75) is 328 Å². The Morgan fingerprint density at radius 3 is 0.871 bits per heavy atom. The lowest BCUT2D eigenvalue weighted by Gasteiger charge is -2.15. The zero-order valence-electron chi connectivity index (χ0n) is 46.8. The van der Waals surface area contributed by atoms with Gasteiger partial charge in [-0.05, 0) is 38.5 Å². The molecule has 408 valence electrons. The highest BCUT2D eigenvalue weighted by Crippen LogP contribution is 2.18. The van der Waals surface area contributed by atoms with Gasteiger partial charge in [-0.2, -0.15) is 0 Å². The monoisotopic (exact) mass is 979 g/mol. The minimum absolute atomic E-state index is 0.105. The van der Waals surface area contributed by atoms with E-state index in [1.54, 1.807) is 6.08 Å². The number of aliphatic hydroxyl groups is 1. The van der Waals surface area contributed by atoms with Crippen LogP contribution in [-0.4, -0.2) is 36.4 Å². The molecule has 0 aromatic heterocycles. The third kappa shape index (κ3) is 58.2. The number of esters is 2. The smallest absolute Gasteiger partial charge is 0.310 e. The van der Waals surface area contributed by atoms with E-state index in [1.807, 2.05) is 6.08 Å². The molecule has 1 N–H and O–H groups in total. The van der Waals surface area contributed by atoms with Crippen LogP contribution in [0.15, 0.2) is 60.8 Å². The predicted octanol–water partition coefficient (Wildman–Crippen LogP) is 21.0. The maximum absolute atomic E-state index is 12.2. The van der Waals surface area contributed by atoms with E-state index in [0.29, 0.717) is 6.42 Å². The van der Waals surface area contributed by atoms with Crippen LogP contribution in [0.2, 0.25) is 0 Å². The first-order chi connectivity index (χ1) is 34.6. The zero-order chi connectivity index (χ0) is 50.6. The molecule has 0 aromatic rings. The zero-order valence-corrected chi connectivity index (χ0v) is 46.8. The largest absolute Gasteiger partial charge is 0.462 e. The van der Waals surface area contributed by atoms with Gasteiger partial charge in [-0.1, -0.05) is 331 Å². The molecule has 5 nitrogen and oxygen atoms in total. The number of carbonyl (C=O) groups is 2. The van der Waals surface area contributed by atoms with Crippen LogP contribution in [-0.2, 0) is 19.1 Å². The van der Waals surface area contributed by atoms with Gasteiger partial charge in [0.1, 0.15) is 6.61 Å². The van der Waals surface area contributed by atoms with Gasteiger partial charge in [0, 0.05) is 6.42 Å². The van der Waals surface area contributed by atoms with Gasteiger partial charge < -0.3 is 14.6 Å². The van der Waals surface area contributed by atoms with E-state index in [4.69, 9.17) is 9.47 Å². The summed E-state index contributed by atoms with van der Waals surface area (Å²) < 4.78 is 10.6. The Kier molecular flexibility index (Phi) is 58.8. The minimum Gasteiger partial charge on any atom is -0.462 e. The van der Waals surface area contributed by atoms with Crippen molar-refractivity contribution in [2.75, 3.05) is 13.2 Å². The average molecular weight is 980 g/mol. The van der Waals surface area contributed by atoms with Crippen LogP contribution in [0, 0.1) is 0 Å². The summed E-state index contributed by atoms with van der Waals surface area (Å²) in [4.78, 5) is 24.4. The third-order valence-corrected chi connectivity index (χ3v) is 13.9. The molecule has 5 heteroatoms. The topological polar surface area (TPSA) is 72.8 Å². The first-order valence-corrected chi connectivity index (χ1v) is 30.8. The lowest BCUT2D eigenvalue weighted by atomic mass is 10.0. The number of aliphatic hydroxyl groups excluding tert-OH is 1. The van der Waals surface area contributed by atoms with Crippen molar-refractivity contribution in [2.24, 2.45) is 0 Å². The molecule has 0 aliphatic heterocycles. The van der Waals surface area contributed by atoms with Crippen molar-refractivity contribution in [3.05, 3.63) is 60.8 Å². The highest BCUT2D eigenvalue weighted by Gasteiger charge is 2.15. The van der Waals surface area contributed by atoms with Gasteiger partial charge in [0.25, 0.3) is 0 Å². The molecule has 0 amide bonds. The summed E-state index contributed by atoms with van der Waals surface area (Å²) in [6.07, 6.45) is 82.9. The highest BCUT2D eigenvalue weighted by molar-refractivity contribution is 5.71. The number of allylic oxidation sites excluding steroid dienone is 9. The summed E-state index contributed by atoms with van der Waals surface area (Å²) >= 11 is 0. The molecule has 0 spiro atoms. The number of hydrogen-bond acceptors (Lipinski definition) is 5. The molecule has 0 bridgehead atoms. The second kappa shape index (κ2) is 60.9. The molecule has 0 rings (SSSR count). The number of rotatable bonds is 57. The Bertz CT molecular complexity index is 1200. The second-order valence-corrected chi connectivity index (χ2v) is 20.8. The highest BCUT2D eigenvalue weighted by atomic mass is 16.6. The van der Waals surface area contributed by atoms with Crippen LogP contribution < -0.4 is 0 Å². The number of ether oxygens (including phenoxy) is 2. The molecule has 0 saturated heterocycles. The Labute approximate surface area is 436 Å². The van der Waals surface area contributed by atoms with E-state index in [1.165, 1.54) is 244 Å². The van der Waals surface area contributed by atoms with E-state index in [0.717, 1.165) is 51.4 Å². The fourth-order valence-electron chi connectivity index (χ4n) is 9.28. The van der Waals surface area contributed by atoms with Crippen molar-refractivity contribution < 1.29 is 24.2 Å². The van der Waals surface area contributed by atoms with Crippen molar-refractivity contribution in [3.8, 4) is 0 Å². The molecule has 0 aliphatic carbocycles. The summed E-state index contributed by atoms with van der Waals surface area (Å²) in [7, 11) is 0. The SMILES string of the molecule is CC/C=C\C/C=C\C/C=C\C/C=C\C/C=C\CC(=O)OC(CO)COC(=O)CCCCCCCCCCCCCCCCCCCCCCCCCCCCCCCCCCCCCCCCCCC. The summed E-state index contributed by atoms with van der Waals surface area (Å²) in [6.45, 7) is 3.97. The predicted molar refractivity (Wildman–Crippen MR) is 307 cm³/mol. The Hall–Kier alpha value is -2.40. The first-order valence-electron chi connectivity index (χ1n) is 30.8. The van der Waals surface area contributed by atoms with Crippen molar-refractivity contribution in [1.29, 1.82) is 0 Å². The van der Waals surface area contributed by atoms with Gasteiger partial charge in [0.05, 0.1) is 13.0 Å². The van der Waals surface area contributed by atoms with Crippen molar-refractivity contribution in [1.82, 2.24) is 0 Å². The summed E-state index contributed by atoms with van der Waals surface area (Å²) in [5, 5.41) is 9.60. The Morgan fingerprint density at radius 1 is 0.343 bits per heavy atom. The van der Waals surface area contributed by atoms with Crippen LogP contribution in [0.3, 0.4) is 0 Å². The van der Waals surface area contributed by atoms with Crippen LogP contribution >= 0.6 is 0 Å². The normalized spacial score (nSPS) is 12.6. The van der Waals surface area contributed by atoms with Gasteiger partial charge in [0.15, 0.2) is 6.10 Å². The van der Waals surface area contributed by atoms with Crippen LogP contribution in [0.25, 0.3) is 0 Å². The quantitative estimate of drug-likeness (QED) is 0.0373. The molecule has 70 heavy (non-hydrogen) atoms. The van der Waals surface area contributed by atoms with Gasteiger partial charge >= 0.3 is 11.9 Å². The van der Waals surface area contributed by atoms with E-state index in [-0.39, 0.29) is 25.6 Å². The van der Waals surface area contributed by atoms with Gasteiger partial charge in [0.2, 0.25) is 0 Å². The van der Waals surface area contributed by atoms with E-state index in [2.05, 4.69) is 62.5 Å². The fraction of sp³-hybridized carbons (Fsp3) is 0.815. The van der Waals surface area contributed by atoms with Crippen molar-refractivity contribution in [3.63, 3.8) is 0 Å².